The molecule has 0 aromatic carbocycles. The van der Waals surface area contributed by atoms with Crippen molar-refractivity contribution in [2.75, 3.05) is 38.6 Å². The number of anilines is 1. The van der Waals surface area contributed by atoms with Gasteiger partial charge in [-0.15, -0.1) is 0 Å². The molecule has 1 aromatic heterocycles. The molecular formula is C13H19F3N4. The van der Waals surface area contributed by atoms with Gasteiger partial charge in [-0.2, -0.15) is 13.2 Å². The quantitative estimate of drug-likeness (QED) is 0.854. The SMILES string of the molecule is CN1CCCC(CN(C)c2nccc(C(F)(F)F)n2)C1. The highest BCUT2D eigenvalue weighted by molar-refractivity contribution is 5.29. The number of aromatic nitrogens is 2. The molecule has 1 unspecified atom stereocenters. The van der Waals surface area contributed by atoms with E-state index in [4.69, 9.17) is 0 Å². The van der Waals surface area contributed by atoms with E-state index < -0.39 is 11.9 Å². The molecule has 1 aromatic rings. The van der Waals surface area contributed by atoms with Crippen LogP contribution in [-0.4, -0.2) is 48.6 Å². The molecule has 0 spiro atoms. The summed E-state index contributed by atoms with van der Waals surface area (Å²) in [6.45, 7) is 2.72. The molecule has 1 fully saturated rings. The van der Waals surface area contributed by atoms with E-state index in [-0.39, 0.29) is 5.95 Å². The Morgan fingerprint density at radius 3 is 2.85 bits per heavy atom. The molecule has 112 valence electrons. The van der Waals surface area contributed by atoms with Crippen molar-refractivity contribution in [3.63, 3.8) is 0 Å². The van der Waals surface area contributed by atoms with Gasteiger partial charge in [0.05, 0.1) is 0 Å². The first-order valence-corrected chi connectivity index (χ1v) is 6.66. The molecule has 1 aliphatic heterocycles. The third kappa shape index (κ3) is 3.82. The minimum atomic E-state index is -4.43. The Labute approximate surface area is 116 Å². The summed E-state index contributed by atoms with van der Waals surface area (Å²) < 4.78 is 37.9. The molecule has 1 saturated heterocycles. The Bertz CT molecular complexity index is 449. The van der Waals surface area contributed by atoms with Crippen LogP contribution in [0.5, 0.6) is 0 Å². The van der Waals surface area contributed by atoms with Gasteiger partial charge < -0.3 is 9.80 Å². The summed E-state index contributed by atoms with van der Waals surface area (Å²) in [6.07, 6.45) is -1.05. The molecule has 0 amide bonds. The Morgan fingerprint density at radius 2 is 2.20 bits per heavy atom. The summed E-state index contributed by atoms with van der Waals surface area (Å²) in [5, 5.41) is 0. The van der Waals surface area contributed by atoms with Crippen LogP contribution in [0.3, 0.4) is 0 Å². The van der Waals surface area contributed by atoms with Crippen LogP contribution in [0.25, 0.3) is 0 Å². The van der Waals surface area contributed by atoms with Gasteiger partial charge in [0, 0.05) is 26.3 Å². The van der Waals surface area contributed by atoms with E-state index in [1.807, 2.05) is 0 Å². The van der Waals surface area contributed by atoms with Gasteiger partial charge in [-0.05, 0) is 38.4 Å². The maximum absolute atomic E-state index is 12.6. The Hall–Kier alpha value is -1.37. The van der Waals surface area contributed by atoms with Crippen LogP contribution in [0.2, 0.25) is 0 Å². The smallest absolute Gasteiger partial charge is 0.344 e. The van der Waals surface area contributed by atoms with Crippen LogP contribution >= 0.6 is 0 Å². The van der Waals surface area contributed by atoms with Gasteiger partial charge in [0.1, 0.15) is 5.69 Å². The number of nitrogens with zero attached hydrogens (tertiary/aromatic N) is 4. The van der Waals surface area contributed by atoms with Crippen molar-refractivity contribution < 1.29 is 13.2 Å². The normalized spacial score (nSPS) is 20.9. The lowest BCUT2D eigenvalue weighted by molar-refractivity contribution is -0.141. The fraction of sp³-hybridized carbons (Fsp3) is 0.692. The van der Waals surface area contributed by atoms with E-state index in [9.17, 15) is 13.2 Å². The number of hydrogen-bond acceptors (Lipinski definition) is 4. The largest absolute Gasteiger partial charge is 0.433 e. The summed E-state index contributed by atoms with van der Waals surface area (Å²) in [5.74, 6) is 0.574. The number of rotatable bonds is 3. The number of likely N-dealkylation sites (tertiary alicyclic amines) is 1. The second kappa shape index (κ2) is 5.95. The third-order valence-electron chi connectivity index (χ3n) is 3.53. The predicted octanol–water partition coefficient (Wildman–Crippen LogP) is 2.27. The van der Waals surface area contributed by atoms with Gasteiger partial charge in [-0.3, -0.25) is 0 Å². The van der Waals surface area contributed by atoms with Gasteiger partial charge in [0.15, 0.2) is 0 Å². The minimum Gasteiger partial charge on any atom is -0.344 e. The second-order valence-corrected chi connectivity index (χ2v) is 5.39. The molecule has 2 heterocycles. The number of halogens is 3. The summed E-state index contributed by atoms with van der Waals surface area (Å²) in [5.41, 5.74) is -0.893. The average molecular weight is 288 g/mol. The van der Waals surface area contributed by atoms with Crippen LogP contribution in [-0.2, 0) is 6.18 Å². The Morgan fingerprint density at radius 1 is 1.45 bits per heavy atom. The fourth-order valence-corrected chi connectivity index (χ4v) is 2.58. The summed E-state index contributed by atoms with van der Waals surface area (Å²) in [7, 11) is 3.80. The first-order chi connectivity index (χ1) is 9.36. The Kier molecular flexibility index (Phi) is 4.47. The van der Waals surface area contributed by atoms with Gasteiger partial charge in [-0.25, -0.2) is 9.97 Å². The molecule has 0 saturated carbocycles. The van der Waals surface area contributed by atoms with Crippen molar-refractivity contribution in [2.24, 2.45) is 5.92 Å². The lowest BCUT2D eigenvalue weighted by atomic mass is 9.98. The monoisotopic (exact) mass is 288 g/mol. The van der Waals surface area contributed by atoms with Gasteiger partial charge >= 0.3 is 6.18 Å². The van der Waals surface area contributed by atoms with Gasteiger partial charge in [0.25, 0.3) is 0 Å². The van der Waals surface area contributed by atoms with Crippen LogP contribution in [0, 0.1) is 5.92 Å². The minimum absolute atomic E-state index is 0.132. The molecule has 4 nitrogen and oxygen atoms in total. The van der Waals surface area contributed by atoms with E-state index >= 15 is 0 Å². The molecule has 0 radical (unpaired) electrons. The number of piperidine rings is 1. The molecular weight excluding hydrogens is 269 g/mol. The predicted molar refractivity (Wildman–Crippen MR) is 70.5 cm³/mol. The van der Waals surface area contributed by atoms with Crippen molar-refractivity contribution >= 4 is 5.95 Å². The zero-order valence-corrected chi connectivity index (χ0v) is 11.7. The standard InChI is InChI=1S/C13H19F3N4/c1-19-7-3-4-10(8-19)9-20(2)12-17-6-5-11(18-12)13(14,15)16/h5-6,10H,3-4,7-9H2,1-2H3. The number of hydrogen-bond donors (Lipinski definition) is 0. The number of alkyl halides is 3. The van der Waals surface area contributed by atoms with Gasteiger partial charge in [0.2, 0.25) is 5.95 Å². The molecule has 7 heteroatoms. The Balaban J connectivity index is 2.03. The van der Waals surface area contributed by atoms with E-state index in [0.717, 1.165) is 38.2 Å². The lowest BCUT2D eigenvalue weighted by Gasteiger charge is -2.32. The zero-order chi connectivity index (χ0) is 14.8. The maximum atomic E-state index is 12.6. The van der Waals surface area contributed by atoms with E-state index in [2.05, 4.69) is 21.9 Å². The van der Waals surface area contributed by atoms with E-state index in [1.54, 1.807) is 11.9 Å². The van der Waals surface area contributed by atoms with Crippen LogP contribution < -0.4 is 4.90 Å². The summed E-state index contributed by atoms with van der Waals surface area (Å²) >= 11 is 0. The maximum Gasteiger partial charge on any atom is 0.433 e. The average Bonchev–Trinajstić information content (AvgIpc) is 2.38. The molecule has 20 heavy (non-hydrogen) atoms. The van der Waals surface area contributed by atoms with Crippen molar-refractivity contribution in [1.82, 2.24) is 14.9 Å². The van der Waals surface area contributed by atoms with Crippen LogP contribution in [0.4, 0.5) is 19.1 Å². The highest BCUT2D eigenvalue weighted by Crippen LogP contribution is 2.28. The van der Waals surface area contributed by atoms with E-state index in [0.29, 0.717) is 12.5 Å². The van der Waals surface area contributed by atoms with Crippen LogP contribution in [0.1, 0.15) is 18.5 Å². The van der Waals surface area contributed by atoms with E-state index in [1.165, 1.54) is 0 Å². The molecule has 1 aliphatic rings. The summed E-state index contributed by atoms with van der Waals surface area (Å²) in [4.78, 5) is 11.5. The lowest BCUT2D eigenvalue weighted by Crippen LogP contribution is -2.38. The van der Waals surface area contributed by atoms with Crippen molar-refractivity contribution in [1.29, 1.82) is 0 Å². The van der Waals surface area contributed by atoms with Gasteiger partial charge in [-0.1, -0.05) is 0 Å². The fourth-order valence-electron chi connectivity index (χ4n) is 2.58. The summed E-state index contributed by atoms with van der Waals surface area (Å²) in [6, 6.07) is 0.895. The molecule has 0 aliphatic carbocycles. The zero-order valence-electron chi connectivity index (χ0n) is 11.7. The molecule has 2 rings (SSSR count). The highest BCUT2D eigenvalue weighted by atomic mass is 19.4. The van der Waals surface area contributed by atoms with Crippen LogP contribution in [0.15, 0.2) is 12.3 Å². The van der Waals surface area contributed by atoms with Crippen molar-refractivity contribution in [3.05, 3.63) is 18.0 Å². The first kappa shape index (κ1) is 15.0. The van der Waals surface area contributed by atoms with Crippen molar-refractivity contribution in [2.45, 2.75) is 19.0 Å². The highest BCUT2D eigenvalue weighted by Gasteiger charge is 2.33. The topological polar surface area (TPSA) is 32.3 Å². The first-order valence-electron chi connectivity index (χ1n) is 6.66. The molecule has 0 bridgehead atoms. The second-order valence-electron chi connectivity index (χ2n) is 5.39. The third-order valence-corrected chi connectivity index (χ3v) is 3.53. The molecule has 0 N–H and O–H groups in total. The van der Waals surface area contributed by atoms with Crippen molar-refractivity contribution in [3.8, 4) is 0 Å². The molecule has 1 atom stereocenters.